The number of hydrogen-bond donors (Lipinski definition) is 1. The van der Waals surface area contributed by atoms with E-state index >= 15 is 0 Å². The van der Waals surface area contributed by atoms with Gasteiger partial charge in [-0.25, -0.2) is 9.36 Å². The lowest BCUT2D eigenvalue weighted by Gasteiger charge is -2.14. The van der Waals surface area contributed by atoms with Crippen LogP contribution in [0.25, 0.3) is 15.9 Å². The van der Waals surface area contributed by atoms with Crippen molar-refractivity contribution >= 4 is 33.1 Å². The number of carbonyl (C=O) groups excluding carboxylic acids is 1. The summed E-state index contributed by atoms with van der Waals surface area (Å²) in [6.45, 7) is 1.83. The number of halogens is 3. The largest absolute Gasteiger partial charge is 0.494 e. The molecular weight excluding hydrogens is 519 g/mol. The highest BCUT2D eigenvalue weighted by molar-refractivity contribution is 7.18. The van der Waals surface area contributed by atoms with Gasteiger partial charge in [0.25, 0.3) is 5.56 Å². The topological polar surface area (TPSA) is 82.3 Å². The van der Waals surface area contributed by atoms with Crippen molar-refractivity contribution in [2.45, 2.75) is 45.3 Å². The third-order valence-corrected chi connectivity index (χ3v) is 7.73. The van der Waals surface area contributed by atoms with Gasteiger partial charge in [-0.05, 0) is 80.6 Å². The van der Waals surface area contributed by atoms with Gasteiger partial charge in [0.05, 0.1) is 23.2 Å². The molecule has 0 spiro atoms. The third-order valence-electron chi connectivity index (χ3n) is 6.42. The molecule has 4 aromatic rings. The predicted octanol–water partition coefficient (Wildman–Crippen LogP) is 5.15. The van der Waals surface area contributed by atoms with Crippen LogP contribution in [0.5, 0.6) is 5.75 Å². The fourth-order valence-electron chi connectivity index (χ4n) is 4.71. The fraction of sp³-hybridized carbons (Fsp3) is 0.296. The van der Waals surface area contributed by atoms with Crippen LogP contribution < -0.4 is 21.3 Å². The molecule has 0 radical (unpaired) electrons. The lowest BCUT2D eigenvalue weighted by Crippen LogP contribution is -2.40. The molecule has 1 amide bonds. The highest BCUT2D eigenvalue weighted by Gasteiger charge is 2.30. The number of aryl methyl sites for hydroxylation is 2. The van der Waals surface area contributed by atoms with Crippen LogP contribution in [-0.2, 0) is 30.4 Å². The van der Waals surface area contributed by atoms with E-state index in [-0.39, 0.29) is 5.69 Å². The van der Waals surface area contributed by atoms with Crippen LogP contribution in [0.1, 0.15) is 35.8 Å². The fourth-order valence-corrected chi connectivity index (χ4v) is 6.08. The second kappa shape index (κ2) is 10.1. The van der Waals surface area contributed by atoms with Gasteiger partial charge in [0.2, 0.25) is 5.91 Å². The average Bonchev–Trinajstić information content (AvgIpc) is 3.27. The number of ether oxygens (including phenoxy) is 1. The number of benzene rings is 2. The molecule has 2 aromatic carbocycles. The van der Waals surface area contributed by atoms with Gasteiger partial charge >= 0.3 is 11.9 Å². The Morgan fingerprint density at radius 1 is 1.08 bits per heavy atom. The minimum atomic E-state index is -4.56. The summed E-state index contributed by atoms with van der Waals surface area (Å²) >= 11 is 1.32. The summed E-state index contributed by atoms with van der Waals surface area (Å²) in [7, 11) is 0. The van der Waals surface area contributed by atoms with Crippen molar-refractivity contribution in [1.82, 2.24) is 9.13 Å². The molecule has 0 bridgehead atoms. The minimum Gasteiger partial charge on any atom is -0.494 e. The molecule has 1 N–H and O–H groups in total. The average molecular weight is 544 g/mol. The summed E-state index contributed by atoms with van der Waals surface area (Å²) in [6, 6.07) is 10.8. The number of anilines is 1. The Morgan fingerprint density at radius 3 is 2.53 bits per heavy atom. The smallest absolute Gasteiger partial charge is 0.416 e. The Bertz CT molecular complexity index is 1640. The first-order valence-corrected chi connectivity index (χ1v) is 13.0. The molecule has 0 aliphatic heterocycles. The van der Waals surface area contributed by atoms with Gasteiger partial charge in [-0.1, -0.05) is 6.07 Å². The first-order valence-electron chi connectivity index (χ1n) is 12.2. The highest BCUT2D eigenvalue weighted by atomic mass is 32.1. The van der Waals surface area contributed by atoms with Gasteiger partial charge in [0.15, 0.2) is 0 Å². The van der Waals surface area contributed by atoms with E-state index in [0.717, 1.165) is 46.4 Å². The van der Waals surface area contributed by atoms with E-state index in [9.17, 15) is 27.6 Å². The number of amides is 1. The van der Waals surface area contributed by atoms with Gasteiger partial charge in [-0.3, -0.25) is 14.2 Å². The Labute approximate surface area is 219 Å². The van der Waals surface area contributed by atoms with Crippen molar-refractivity contribution in [2.24, 2.45) is 0 Å². The van der Waals surface area contributed by atoms with Crippen LogP contribution in [0, 0.1) is 0 Å². The Kier molecular flexibility index (Phi) is 6.87. The molecule has 38 heavy (non-hydrogen) atoms. The predicted molar refractivity (Wildman–Crippen MR) is 140 cm³/mol. The van der Waals surface area contributed by atoms with E-state index in [1.165, 1.54) is 28.0 Å². The van der Waals surface area contributed by atoms with Crippen LogP contribution in [0.3, 0.4) is 0 Å². The number of carbonyl (C=O) groups is 1. The van der Waals surface area contributed by atoms with Crippen molar-refractivity contribution < 1.29 is 22.7 Å². The van der Waals surface area contributed by atoms with Gasteiger partial charge in [-0.2, -0.15) is 13.2 Å². The van der Waals surface area contributed by atoms with E-state index in [0.29, 0.717) is 34.7 Å². The van der Waals surface area contributed by atoms with Gasteiger partial charge < -0.3 is 10.1 Å². The lowest BCUT2D eigenvalue weighted by atomic mass is 9.97. The number of fused-ring (bicyclic) bond motifs is 3. The second-order valence-corrected chi connectivity index (χ2v) is 10.0. The maximum absolute atomic E-state index is 13.7. The molecule has 198 valence electrons. The summed E-state index contributed by atoms with van der Waals surface area (Å²) in [4.78, 5) is 41.7. The van der Waals surface area contributed by atoms with Crippen molar-refractivity contribution in [3.63, 3.8) is 0 Å². The summed E-state index contributed by atoms with van der Waals surface area (Å²) in [5.74, 6) is -0.102. The molecule has 0 saturated carbocycles. The van der Waals surface area contributed by atoms with Crippen molar-refractivity contribution in [2.75, 3.05) is 11.9 Å². The number of nitrogens with zero attached hydrogens (tertiary/aromatic N) is 2. The number of aromatic nitrogens is 2. The zero-order valence-electron chi connectivity index (χ0n) is 20.4. The van der Waals surface area contributed by atoms with Gasteiger partial charge in [-0.15, -0.1) is 11.3 Å². The first-order chi connectivity index (χ1) is 18.2. The van der Waals surface area contributed by atoms with Crippen LogP contribution >= 0.6 is 11.3 Å². The standard InChI is InChI=1S/C27H24F3N3O4S/c1-2-37-19-12-10-18(11-13-19)33-24(35)23-20-8-3-4-9-21(20)38-25(23)32(26(33)36)15-22(34)31-17-7-5-6-16(14-17)27(28,29)30/h5-7,10-14H,2-4,8-9,15H2,1H3,(H,31,34). The molecule has 2 aromatic heterocycles. The molecule has 0 unspecified atom stereocenters. The van der Waals surface area contributed by atoms with Crippen molar-refractivity contribution in [3.05, 3.63) is 85.4 Å². The first kappa shape index (κ1) is 25.8. The SMILES string of the molecule is CCOc1ccc(-n2c(=O)c3c4c(sc3n(CC(=O)Nc3cccc(C(F)(F)F)c3)c2=O)CCCC4)cc1. The number of alkyl halides is 3. The van der Waals surface area contributed by atoms with Crippen molar-refractivity contribution in [1.29, 1.82) is 0 Å². The Balaban J connectivity index is 1.60. The van der Waals surface area contributed by atoms with E-state index in [1.54, 1.807) is 24.3 Å². The molecule has 11 heteroatoms. The second-order valence-electron chi connectivity index (χ2n) is 8.95. The van der Waals surface area contributed by atoms with E-state index in [1.807, 2.05) is 6.92 Å². The molecule has 0 saturated heterocycles. The quantitative estimate of drug-likeness (QED) is 0.365. The molecule has 0 atom stereocenters. The van der Waals surface area contributed by atoms with E-state index in [2.05, 4.69) is 5.32 Å². The Hall–Kier alpha value is -3.86. The summed E-state index contributed by atoms with van der Waals surface area (Å²) in [5.41, 5.74) is -0.877. The maximum atomic E-state index is 13.7. The minimum absolute atomic E-state index is 0.0422. The number of rotatable bonds is 6. The normalized spacial score (nSPS) is 13.4. The zero-order valence-corrected chi connectivity index (χ0v) is 21.2. The van der Waals surface area contributed by atoms with Crippen molar-refractivity contribution in [3.8, 4) is 11.4 Å². The zero-order chi connectivity index (χ0) is 27.0. The third kappa shape index (κ3) is 4.85. The van der Waals surface area contributed by atoms with Crippen LogP contribution in [0.4, 0.5) is 18.9 Å². The monoisotopic (exact) mass is 543 g/mol. The van der Waals surface area contributed by atoms with E-state index < -0.39 is 35.4 Å². The molecule has 1 aliphatic rings. The number of hydrogen-bond acceptors (Lipinski definition) is 5. The molecule has 5 rings (SSSR count). The Morgan fingerprint density at radius 2 is 1.82 bits per heavy atom. The molecule has 0 fully saturated rings. The molecular formula is C27H24F3N3O4S. The van der Waals surface area contributed by atoms with Crippen LogP contribution in [0.2, 0.25) is 0 Å². The lowest BCUT2D eigenvalue weighted by molar-refractivity contribution is -0.137. The molecule has 2 heterocycles. The number of nitrogens with one attached hydrogen (secondary N) is 1. The van der Waals surface area contributed by atoms with E-state index in [4.69, 9.17) is 4.74 Å². The maximum Gasteiger partial charge on any atom is 0.416 e. The summed E-state index contributed by atoms with van der Waals surface area (Å²) in [5, 5.41) is 2.86. The number of thiophene rings is 1. The van der Waals surface area contributed by atoms with Gasteiger partial charge in [0.1, 0.15) is 17.1 Å². The summed E-state index contributed by atoms with van der Waals surface area (Å²) in [6.07, 6.45) is -1.21. The van der Waals surface area contributed by atoms with Crippen LogP contribution in [0.15, 0.2) is 58.1 Å². The highest BCUT2D eigenvalue weighted by Crippen LogP contribution is 2.34. The molecule has 7 nitrogen and oxygen atoms in total. The summed E-state index contributed by atoms with van der Waals surface area (Å²) < 4.78 is 47.1. The van der Waals surface area contributed by atoms with Gasteiger partial charge in [0, 0.05) is 10.6 Å². The molecule has 1 aliphatic carbocycles. The van der Waals surface area contributed by atoms with Crippen LogP contribution in [-0.4, -0.2) is 21.6 Å².